The van der Waals surface area contributed by atoms with Gasteiger partial charge in [0, 0.05) is 11.3 Å². The molecule has 0 saturated heterocycles. The summed E-state index contributed by atoms with van der Waals surface area (Å²) in [6.45, 7) is 0. The maximum Gasteiger partial charge on any atom is 0.418 e. The van der Waals surface area contributed by atoms with Gasteiger partial charge in [-0.1, -0.05) is 12.1 Å². The molecule has 0 spiro atoms. The molecule has 21 heavy (non-hydrogen) atoms. The molecule has 0 heterocycles. The van der Waals surface area contributed by atoms with Crippen molar-refractivity contribution in [2.45, 2.75) is 6.18 Å². The zero-order valence-corrected chi connectivity index (χ0v) is 10.7. The van der Waals surface area contributed by atoms with Gasteiger partial charge in [-0.2, -0.15) is 13.2 Å². The highest BCUT2D eigenvalue weighted by Gasteiger charge is 2.33. The highest BCUT2D eigenvalue weighted by atomic mass is 19.4. The Labute approximate surface area is 118 Å². The second-order valence-electron chi connectivity index (χ2n) is 4.22. The van der Waals surface area contributed by atoms with E-state index in [4.69, 9.17) is 5.84 Å². The van der Waals surface area contributed by atoms with Crippen molar-refractivity contribution in [2.24, 2.45) is 5.84 Å². The largest absolute Gasteiger partial charge is 0.418 e. The number of benzene rings is 2. The molecule has 110 valence electrons. The number of alkyl halides is 3. The first-order chi connectivity index (χ1) is 9.91. The van der Waals surface area contributed by atoms with Crippen LogP contribution in [-0.4, -0.2) is 5.91 Å². The number of hydrazine groups is 1. The minimum absolute atomic E-state index is 0.228. The van der Waals surface area contributed by atoms with Gasteiger partial charge in [0.15, 0.2) is 0 Å². The van der Waals surface area contributed by atoms with Gasteiger partial charge < -0.3 is 10.7 Å². The topological polar surface area (TPSA) is 67.1 Å². The first-order valence-electron chi connectivity index (χ1n) is 5.96. The Morgan fingerprint density at radius 1 is 1.00 bits per heavy atom. The van der Waals surface area contributed by atoms with Gasteiger partial charge in [-0.3, -0.25) is 10.6 Å². The predicted octanol–water partition coefficient (Wildman–Crippen LogP) is 3.24. The Bertz CT molecular complexity index is 639. The lowest BCUT2D eigenvalue weighted by Gasteiger charge is -2.13. The van der Waals surface area contributed by atoms with Crippen LogP contribution in [0.5, 0.6) is 0 Å². The van der Waals surface area contributed by atoms with E-state index in [1.54, 1.807) is 12.1 Å². The van der Waals surface area contributed by atoms with Crippen LogP contribution in [-0.2, 0) is 6.18 Å². The van der Waals surface area contributed by atoms with Gasteiger partial charge in [-0.05, 0) is 36.4 Å². The van der Waals surface area contributed by atoms with Crippen LogP contribution in [0.4, 0.5) is 24.5 Å². The van der Waals surface area contributed by atoms with E-state index in [0.717, 1.165) is 6.07 Å². The molecule has 4 N–H and O–H groups in total. The van der Waals surface area contributed by atoms with Gasteiger partial charge in [0.25, 0.3) is 5.91 Å². The van der Waals surface area contributed by atoms with Crippen LogP contribution >= 0.6 is 0 Å². The monoisotopic (exact) mass is 295 g/mol. The molecule has 0 atom stereocenters. The van der Waals surface area contributed by atoms with E-state index in [0.29, 0.717) is 5.69 Å². The molecule has 2 rings (SSSR count). The number of hydrogen-bond acceptors (Lipinski definition) is 3. The summed E-state index contributed by atoms with van der Waals surface area (Å²) < 4.78 is 38.5. The third-order valence-electron chi connectivity index (χ3n) is 2.79. The fourth-order valence-electron chi connectivity index (χ4n) is 1.75. The van der Waals surface area contributed by atoms with Crippen LogP contribution in [0.3, 0.4) is 0 Å². The highest BCUT2D eigenvalue weighted by molar-refractivity contribution is 6.04. The number of para-hydroxylation sites is 1. The van der Waals surface area contributed by atoms with Gasteiger partial charge in [-0.15, -0.1) is 0 Å². The van der Waals surface area contributed by atoms with E-state index < -0.39 is 17.6 Å². The van der Waals surface area contributed by atoms with E-state index in [1.807, 2.05) is 0 Å². The van der Waals surface area contributed by atoms with Crippen molar-refractivity contribution in [1.82, 2.24) is 0 Å². The van der Waals surface area contributed by atoms with Crippen molar-refractivity contribution in [2.75, 3.05) is 10.7 Å². The standard InChI is InChI=1S/C14H12F3N3O/c15-14(16,17)11-3-1-2-4-12(11)19-13(21)9-5-7-10(20-18)8-6-9/h1-8,20H,18H2,(H,19,21). The smallest absolute Gasteiger partial charge is 0.324 e. The highest BCUT2D eigenvalue weighted by Crippen LogP contribution is 2.34. The summed E-state index contributed by atoms with van der Waals surface area (Å²) in [6.07, 6.45) is -4.53. The molecule has 0 radical (unpaired) electrons. The molecular weight excluding hydrogens is 283 g/mol. The number of anilines is 2. The van der Waals surface area contributed by atoms with Crippen molar-refractivity contribution in [3.8, 4) is 0 Å². The molecule has 0 saturated carbocycles. The van der Waals surface area contributed by atoms with Gasteiger partial charge >= 0.3 is 6.18 Å². The maximum atomic E-state index is 12.8. The summed E-state index contributed by atoms with van der Waals surface area (Å²) in [7, 11) is 0. The molecule has 2 aromatic carbocycles. The Kier molecular flexibility index (Phi) is 4.13. The Balaban J connectivity index is 2.23. The number of hydrogen-bond donors (Lipinski definition) is 3. The van der Waals surface area contributed by atoms with Crippen molar-refractivity contribution in [3.05, 3.63) is 59.7 Å². The number of halogens is 3. The summed E-state index contributed by atoms with van der Waals surface area (Å²) in [5.74, 6) is 4.56. The zero-order chi connectivity index (χ0) is 15.5. The quantitative estimate of drug-likeness (QED) is 0.601. The van der Waals surface area contributed by atoms with E-state index in [2.05, 4.69) is 10.7 Å². The molecule has 4 nitrogen and oxygen atoms in total. The minimum Gasteiger partial charge on any atom is -0.324 e. The average molecular weight is 295 g/mol. The molecule has 0 aromatic heterocycles. The number of amides is 1. The fraction of sp³-hybridized carbons (Fsp3) is 0.0714. The molecule has 0 bridgehead atoms. The van der Waals surface area contributed by atoms with Gasteiger partial charge in [-0.25, -0.2) is 0 Å². The van der Waals surface area contributed by atoms with Crippen LogP contribution in [0.2, 0.25) is 0 Å². The SMILES string of the molecule is NNc1ccc(C(=O)Nc2ccccc2C(F)(F)F)cc1. The van der Waals surface area contributed by atoms with Crippen molar-refractivity contribution in [1.29, 1.82) is 0 Å². The Morgan fingerprint density at radius 2 is 1.62 bits per heavy atom. The molecule has 2 aromatic rings. The molecular formula is C14H12F3N3O. The number of carbonyl (C=O) groups is 1. The number of nitrogen functional groups attached to an aromatic ring is 1. The lowest BCUT2D eigenvalue weighted by molar-refractivity contribution is -0.136. The van der Waals surface area contributed by atoms with Crippen LogP contribution in [0.15, 0.2) is 48.5 Å². The first kappa shape index (κ1) is 14.9. The summed E-state index contributed by atoms with van der Waals surface area (Å²) >= 11 is 0. The Morgan fingerprint density at radius 3 is 2.19 bits per heavy atom. The minimum atomic E-state index is -4.53. The molecule has 0 unspecified atom stereocenters. The van der Waals surface area contributed by atoms with Gasteiger partial charge in [0.05, 0.1) is 11.3 Å². The number of rotatable bonds is 3. The summed E-state index contributed by atoms with van der Waals surface area (Å²) in [5, 5.41) is 2.26. The van der Waals surface area contributed by atoms with E-state index in [-0.39, 0.29) is 11.3 Å². The number of nitrogens with two attached hydrogens (primary N) is 1. The molecule has 1 amide bonds. The number of carbonyl (C=O) groups excluding carboxylic acids is 1. The van der Waals surface area contributed by atoms with Crippen LogP contribution in [0.25, 0.3) is 0 Å². The van der Waals surface area contributed by atoms with E-state index in [9.17, 15) is 18.0 Å². The fourth-order valence-corrected chi connectivity index (χ4v) is 1.75. The molecule has 0 aliphatic carbocycles. The molecule has 7 heteroatoms. The number of nitrogens with one attached hydrogen (secondary N) is 2. The van der Waals surface area contributed by atoms with E-state index >= 15 is 0 Å². The lowest BCUT2D eigenvalue weighted by atomic mass is 10.1. The average Bonchev–Trinajstić information content (AvgIpc) is 2.47. The lowest BCUT2D eigenvalue weighted by Crippen LogP contribution is -2.16. The van der Waals surface area contributed by atoms with Crippen molar-refractivity contribution < 1.29 is 18.0 Å². The zero-order valence-electron chi connectivity index (χ0n) is 10.7. The first-order valence-corrected chi connectivity index (χ1v) is 5.96. The normalized spacial score (nSPS) is 11.0. The van der Waals surface area contributed by atoms with E-state index in [1.165, 1.54) is 30.3 Å². The van der Waals surface area contributed by atoms with Gasteiger partial charge in [0.1, 0.15) is 0 Å². The van der Waals surface area contributed by atoms with Crippen molar-refractivity contribution >= 4 is 17.3 Å². The summed E-state index contributed by atoms with van der Waals surface area (Å²) in [5.41, 5.74) is 2.03. The predicted molar refractivity (Wildman–Crippen MR) is 73.6 cm³/mol. The second kappa shape index (κ2) is 5.84. The molecule has 0 fully saturated rings. The van der Waals surface area contributed by atoms with Crippen LogP contribution in [0, 0.1) is 0 Å². The summed E-state index contributed by atoms with van der Waals surface area (Å²) in [4.78, 5) is 12.0. The third-order valence-corrected chi connectivity index (χ3v) is 2.79. The second-order valence-corrected chi connectivity index (χ2v) is 4.22. The van der Waals surface area contributed by atoms with Crippen LogP contribution < -0.4 is 16.6 Å². The van der Waals surface area contributed by atoms with Crippen LogP contribution in [0.1, 0.15) is 15.9 Å². The third kappa shape index (κ3) is 3.51. The summed E-state index contributed by atoms with van der Waals surface area (Å²) in [6, 6.07) is 10.8. The maximum absolute atomic E-state index is 12.8. The molecule has 0 aliphatic rings. The molecule has 0 aliphatic heterocycles. The Hall–Kier alpha value is -2.54. The van der Waals surface area contributed by atoms with Crippen molar-refractivity contribution in [3.63, 3.8) is 0 Å². The van der Waals surface area contributed by atoms with Gasteiger partial charge in [0.2, 0.25) is 0 Å².